The normalized spacial score (nSPS) is 57.0. The summed E-state index contributed by atoms with van der Waals surface area (Å²) in [5, 5.41) is 0. The van der Waals surface area contributed by atoms with Crippen molar-refractivity contribution in [3.8, 4) is 0 Å². The lowest BCUT2D eigenvalue weighted by Gasteiger charge is -2.12. The van der Waals surface area contributed by atoms with Gasteiger partial charge in [-0.1, -0.05) is 0 Å². The van der Waals surface area contributed by atoms with Crippen molar-refractivity contribution >= 4 is 0 Å². The minimum absolute atomic E-state index is 0.110. The molecule has 3 heterocycles. The second-order valence-electron chi connectivity index (χ2n) is 3.78. The highest BCUT2D eigenvalue weighted by atomic mass is 17.0. The Kier molecular flexibility index (Phi) is 1.12. The first kappa shape index (κ1) is 7.26. The van der Waals surface area contributed by atoms with Crippen LogP contribution in [0.3, 0.4) is 0 Å². The van der Waals surface area contributed by atoms with Crippen molar-refractivity contribution in [1.29, 1.82) is 0 Å². The lowest BCUT2D eigenvalue weighted by atomic mass is 10.2. The standard InChI is InChI=1S/C8H12O4/c1-5(6-3-9-6)11-7(2)8(12-7)4-10-8/h5-6H,3-4H2,1-2H3. The molecule has 4 nitrogen and oxygen atoms in total. The zero-order valence-corrected chi connectivity index (χ0v) is 7.20. The molecular weight excluding hydrogens is 160 g/mol. The van der Waals surface area contributed by atoms with Crippen molar-refractivity contribution < 1.29 is 18.9 Å². The van der Waals surface area contributed by atoms with E-state index in [1.54, 1.807) is 0 Å². The molecule has 0 aromatic carbocycles. The van der Waals surface area contributed by atoms with Gasteiger partial charge in [0.25, 0.3) is 5.79 Å². The van der Waals surface area contributed by atoms with Gasteiger partial charge in [0.15, 0.2) is 0 Å². The SMILES string of the molecule is CC(OC1(C)OC12CO2)C1CO1. The van der Waals surface area contributed by atoms with Crippen LogP contribution in [0.2, 0.25) is 0 Å². The van der Waals surface area contributed by atoms with Gasteiger partial charge in [-0.3, -0.25) is 0 Å². The van der Waals surface area contributed by atoms with Gasteiger partial charge in [-0.05, 0) is 13.8 Å². The van der Waals surface area contributed by atoms with Crippen LogP contribution in [0.25, 0.3) is 0 Å². The maximum Gasteiger partial charge on any atom is 0.250 e. The van der Waals surface area contributed by atoms with Gasteiger partial charge in [0.1, 0.15) is 12.7 Å². The van der Waals surface area contributed by atoms with E-state index >= 15 is 0 Å². The molecular formula is C8H12O4. The maximum absolute atomic E-state index is 5.68. The van der Waals surface area contributed by atoms with Crippen LogP contribution in [0, 0.1) is 0 Å². The monoisotopic (exact) mass is 172 g/mol. The molecule has 3 rings (SSSR count). The largest absolute Gasteiger partial charge is 0.370 e. The predicted octanol–water partition coefficient (Wildman–Crippen LogP) is 0.263. The van der Waals surface area contributed by atoms with Gasteiger partial charge in [-0.2, -0.15) is 0 Å². The quantitative estimate of drug-likeness (QED) is 0.573. The van der Waals surface area contributed by atoms with E-state index in [2.05, 4.69) is 0 Å². The molecule has 0 aromatic rings. The van der Waals surface area contributed by atoms with Gasteiger partial charge in [-0.15, -0.1) is 0 Å². The average Bonchev–Trinajstić information content (AvgIpc) is 2.85. The van der Waals surface area contributed by atoms with Crippen molar-refractivity contribution in [3.63, 3.8) is 0 Å². The van der Waals surface area contributed by atoms with Crippen LogP contribution >= 0.6 is 0 Å². The minimum atomic E-state index is -0.502. The Balaban J connectivity index is 1.60. The molecule has 3 aliphatic heterocycles. The number of hydrogen-bond donors (Lipinski definition) is 0. The average molecular weight is 172 g/mol. The van der Waals surface area contributed by atoms with E-state index < -0.39 is 5.79 Å². The summed E-state index contributed by atoms with van der Waals surface area (Å²) in [7, 11) is 0. The fourth-order valence-electron chi connectivity index (χ4n) is 1.55. The van der Waals surface area contributed by atoms with Gasteiger partial charge >= 0.3 is 0 Å². The van der Waals surface area contributed by atoms with Gasteiger partial charge in [-0.25, -0.2) is 0 Å². The third-order valence-electron chi connectivity index (χ3n) is 2.71. The molecule has 0 radical (unpaired) electrons. The Hall–Kier alpha value is -0.160. The highest BCUT2D eigenvalue weighted by Crippen LogP contribution is 2.59. The lowest BCUT2D eigenvalue weighted by molar-refractivity contribution is -0.0813. The van der Waals surface area contributed by atoms with Crippen LogP contribution in [-0.2, 0) is 18.9 Å². The zero-order valence-electron chi connectivity index (χ0n) is 7.20. The Morgan fingerprint density at radius 3 is 2.67 bits per heavy atom. The van der Waals surface area contributed by atoms with Crippen molar-refractivity contribution in [2.24, 2.45) is 0 Å². The molecule has 0 bridgehead atoms. The molecule has 0 saturated carbocycles. The first-order chi connectivity index (χ1) is 5.65. The number of ether oxygens (including phenoxy) is 4. The summed E-state index contributed by atoms with van der Waals surface area (Å²) in [4.78, 5) is 0. The number of rotatable bonds is 3. The van der Waals surface area contributed by atoms with Crippen molar-refractivity contribution in [1.82, 2.24) is 0 Å². The Morgan fingerprint density at radius 1 is 1.58 bits per heavy atom. The van der Waals surface area contributed by atoms with Gasteiger partial charge in [0, 0.05) is 0 Å². The van der Waals surface area contributed by atoms with Gasteiger partial charge < -0.3 is 18.9 Å². The molecule has 0 N–H and O–H groups in total. The second kappa shape index (κ2) is 1.85. The number of epoxide rings is 3. The van der Waals surface area contributed by atoms with E-state index in [-0.39, 0.29) is 18.0 Å². The van der Waals surface area contributed by atoms with E-state index in [4.69, 9.17) is 18.9 Å². The lowest BCUT2D eigenvalue weighted by Crippen LogP contribution is -2.26. The van der Waals surface area contributed by atoms with Gasteiger partial charge in [0.2, 0.25) is 5.79 Å². The summed E-state index contributed by atoms with van der Waals surface area (Å²) < 4.78 is 21.3. The molecule has 68 valence electrons. The molecule has 1 spiro atoms. The molecule has 4 atom stereocenters. The van der Waals surface area contributed by atoms with E-state index in [0.717, 1.165) is 6.61 Å². The van der Waals surface area contributed by atoms with Crippen LogP contribution in [0.15, 0.2) is 0 Å². The van der Waals surface area contributed by atoms with E-state index in [1.165, 1.54) is 0 Å². The molecule has 4 unspecified atom stereocenters. The minimum Gasteiger partial charge on any atom is -0.370 e. The highest BCUT2D eigenvalue weighted by Gasteiger charge is 2.80. The Bertz CT molecular complexity index is 221. The smallest absolute Gasteiger partial charge is 0.250 e. The van der Waals surface area contributed by atoms with Crippen LogP contribution < -0.4 is 0 Å². The van der Waals surface area contributed by atoms with E-state index in [1.807, 2.05) is 13.8 Å². The second-order valence-corrected chi connectivity index (χ2v) is 3.78. The third kappa shape index (κ3) is 0.864. The molecule has 12 heavy (non-hydrogen) atoms. The topological polar surface area (TPSA) is 46.8 Å². The first-order valence-corrected chi connectivity index (χ1v) is 4.29. The van der Waals surface area contributed by atoms with Gasteiger partial charge in [0.05, 0.1) is 12.7 Å². The molecule has 0 amide bonds. The van der Waals surface area contributed by atoms with Crippen molar-refractivity contribution in [2.75, 3.05) is 13.2 Å². The molecule has 0 aliphatic carbocycles. The third-order valence-corrected chi connectivity index (χ3v) is 2.71. The summed E-state index contributed by atoms with van der Waals surface area (Å²) in [6, 6.07) is 0. The van der Waals surface area contributed by atoms with Crippen LogP contribution in [-0.4, -0.2) is 37.0 Å². The van der Waals surface area contributed by atoms with Crippen LogP contribution in [0.5, 0.6) is 0 Å². The Labute approximate surface area is 70.7 Å². The van der Waals surface area contributed by atoms with Crippen LogP contribution in [0.1, 0.15) is 13.8 Å². The van der Waals surface area contributed by atoms with Crippen molar-refractivity contribution in [3.05, 3.63) is 0 Å². The Morgan fingerprint density at radius 2 is 2.25 bits per heavy atom. The van der Waals surface area contributed by atoms with E-state index in [0.29, 0.717) is 6.61 Å². The van der Waals surface area contributed by atoms with Crippen LogP contribution in [0.4, 0.5) is 0 Å². The molecule has 4 heteroatoms. The molecule has 0 aromatic heterocycles. The molecule has 3 aliphatic rings. The highest BCUT2D eigenvalue weighted by molar-refractivity contribution is 5.09. The van der Waals surface area contributed by atoms with E-state index in [9.17, 15) is 0 Å². The summed E-state index contributed by atoms with van der Waals surface area (Å²) in [5.41, 5.74) is 0. The fraction of sp³-hybridized carbons (Fsp3) is 1.00. The zero-order chi connectivity index (χ0) is 8.40. The molecule has 3 fully saturated rings. The fourth-order valence-corrected chi connectivity index (χ4v) is 1.55. The number of hydrogen-bond acceptors (Lipinski definition) is 4. The summed E-state index contributed by atoms with van der Waals surface area (Å²) in [6.07, 6.45) is 0.375. The summed E-state index contributed by atoms with van der Waals surface area (Å²) in [5.74, 6) is -0.880. The summed E-state index contributed by atoms with van der Waals surface area (Å²) >= 11 is 0. The van der Waals surface area contributed by atoms with Crippen molar-refractivity contribution in [2.45, 2.75) is 37.6 Å². The maximum atomic E-state index is 5.68. The predicted molar refractivity (Wildman–Crippen MR) is 38.5 cm³/mol. The molecule has 3 saturated heterocycles. The first-order valence-electron chi connectivity index (χ1n) is 4.29. The summed E-state index contributed by atoms with van der Waals surface area (Å²) in [6.45, 7) is 5.40.